The van der Waals surface area contributed by atoms with Crippen LogP contribution in [-0.4, -0.2) is 16.9 Å². The molecular formula is C12H11N3O3. The van der Waals surface area contributed by atoms with Crippen LogP contribution in [0.1, 0.15) is 6.42 Å². The second-order valence-corrected chi connectivity index (χ2v) is 3.73. The van der Waals surface area contributed by atoms with Gasteiger partial charge in [0.2, 0.25) is 5.91 Å². The molecule has 1 aromatic heterocycles. The van der Waals surface area contributed by atoms with E-state index in [4.69, 9.17) is 16.6 Å². The Kier molecular flexibility index (Phi) is 3.17. The van der Waals surface area contributed by atoms with Gasteiger partial charge in [0.25, 0.3) is 0 Å². The van der Waals surface area contributed by atoms with Crippen molar-refractivity contribution in [3.05, 3.63) is 28.7 Å². The van der Waals surface area contributed by atoms with Crippen molar-refractivity contribution in [3.63, 3.8) is 0 Å². The standard InChI is InChI=1S/C12H11N3O3/c1-2-3-8(13)11(16)14-7-4-5-10-9(6-7)15-12(17)18-10/h1,4-6,8H,3,13H2,(H,14,16)(H,15,17). The average molecular weight is 245 g/mol. The number of nitrogens with two attached hydrogens (primary N) is 1. The number of rotatable bonds is 3. The van der Waals surface area contributed by atoms with Crippen molar-refractivity contribution < 1.29 is 9.21 Å². The van der Waals surface area contributed by atoms with E-state index in [1.807, 2.05) is 0 Å². The van der Waals surface area contributed by atoms with Gasteiger partial charge in [-0.1, -0.05) is 0 Å². The van der Waals surface area contributed by atoms with Crippen LogP contribution in [0.15, 0.2) is 27.4 Å². The molecule has 1 aromatic carbocycles. The predicted molar refractivity (Wildman–Crippen MR) is 66.9 cm³/mol. The van der Waals surface area contributed by atoms with Crippen molar-refractivity contribution >= 4 is 22.7 Å². The van der Waals surface area contributed by atoms with E-state index in [-0.39, 0.29) is 12.3 Å². The van der Waals surface area contributed by atoms with Crippen LogP contribution in [0.3, 0.4) is 0 Å². The third kappa shape index (κ3) is 2.42. The van der Waals surface area contributed by atoms with Gasteiger partial charge in [-0.2, -0.15) is 0 Å². The number of carbonyl (C=O) groups is 1. The zero-order chi connectivity index (χ0) is 13.1. The largest absolute Gasteiger partial charge is 0.417 e. The Morgan fingerprint density at radius 2 is 2.39 bits per heavy atom. The van der Waals surface area contributed by atoms with Crippen LogP contribution in [0.5, 0.6) is 0 Å². The quantitative estimate of drug-likeness (QED) is 0.681. The zero-order valence-corrected chi connectivity index (χ0v) is 9.40. The first kappa shape index (κ1) is 12.0. The minimum Gasteiger partial charge on any atom is -0.408 e. The highest BCUT2D eigenvalue weighted by atomic mass is 16.4. The van der Waals surface area contributed by atoms with Gasteiger partial charge in [-0.25, -0.2) is 4.79 Å². The Morgan fingerprint density at radius 1 is 1.61 bits per heavy atom. The first-order chi connectivity index (χ1) is 8.60. The number of aromatic nitrogens is 1. The Labute approximate surface area is 102 Å². The van der Waals surface area contributed by atoms with Crippen molar-refractivity contribution in [2.24, 2.45) is 5.73 Å². The minimum atomic E-state index is -0.755. The molecule has 6 heteroatoms. The first-order valence-corrected chi connectivity index (χ1v) is 5.23. The molecule has 2 rings (SSSR count). The van der Waals surface area contributed by atoms with Crippen molar-refractivity contribution in [2.45, 2.75) is 12.5 Å². The van der Waals surface area contributed by atoms with Crippen LogP contribution in [0.2, 0.25) is 0 Å². The SMILES string of the molecule is C#CCC(N)C(=O)Nc1ccc2oc(=O)[nH]c2c1. The number of terminal acetylenes is 1. The molecule has 1 amide bonds. The lowest BCUT2D eigenvalue weighted by atomic mass is 10.2. The van der Waals surface area contributed by atoms with Gasteiger partial charge >= 0.3 is 5.76 Å². The van der Waals surface area contributed by atoms with E-state index in [2.05, 4.69) is 16.2 Å². The molecule has 0 spiro atoms. The molecule has 2 aromatic rings. The van der Waals surface area contributed by atoms with Crippen molar-refractivity contribution in [3.8, 4) is 12.3 Å². The van der Waals surface area contributed by atoms with E-state index in [9.17, 15) is 9.59 Å². The molecule has 0 bridgehead atoms. The molecule has 0 saturated carbocycles. The molecule has 0 aliphatic carbocycles. The monoisotopic (exact) mass is 245 g/mol. The van der Waals surface area contributed by atoms with Crippen molar-refractivity contribution in [1.82, 2.24) is 4.98 Å². The lowest BCUT2D eigenvalue weighted by Crippen LogP contribution is -2.35. The summed E-state index contributed by atoms with van der Waals surface area (Å²) < 4.78 is 4.84. The number of anilines is 1. The number of fused-ring (bicyclic) bond motifs is 1. The van der Waals surface area contributed by atoms with E-state index in [0.29, 0.717) is 16.8 Å². The maximum atomic E-state index is 11.6. The molecule has 92 valence electrons. The Balaban J connectivity index is 2.19. The summed E-state index contributed by atoms with van der Waals surface area (Å²) >= 11 is 0. The number of carbonyl (C=O) groups excluding carboxylic acids is 1. The van der Waals surface area contributed by atoms with E-state index in [1.54, 1.807) is 18.2 Å². The van der Waals surface area contributed by atoms with Gasteiger partial charge in [-0.05, 0) is 18.2 Å². The highest BCUT2D eigenvalue weighted by molar-refractivity contribution is 5.96. The first-order valence-electron chi connectivity index (χ1n) is 5.23. The predicted octanol–water partition coefficient (Wildman–Crippen LogP) is 0.410. The highest BCUT2D eigenvalue weighted by Gasteiger charge is 2.12. The van der Waals surface area contributed by atoms with E-state index >= 15 is 0 Å². The average Bonchev–Trinajstić information content (AvgIpc) is 2.68. The van der Waals surface area contributed by atoms with Gasteiger partial charge in [-0.3, -0.25) is 9.78 Å². The smallest absolute Gasteiger partial charge is 0.408 e. The molecule has 18 heavy (non-hydrogen) atoms. The van der Waals surface area contributed by atoms with Crippen LogP contribution in [0, 0.1) is 12.3 Å². The molecular weight excluding hydrogens is 234 g/mol. The third-order valence-corrected chi connectivity index (χ3v) is 2.36. The molecule has 1 heterocycles. The van der Waals surface area contributed by atoms with Crippen LogP contribution in [-0.2, 0) is 4.79 Å². The second-order valence-electron chi connectivity index (χ2n) is 3.73. The normalized spacial score (nSPS) is 12.0. The number of benzene rings is 1. The number of hydrogen-bond donors (Lipinski definition) is 3. The fraction of sp³-hybridized carbons (Fsp3) is 0.167. The van der Waals surface area contributed by atoms with Gasteiger partial charge in [-0.15, -0.1) is 12.3 Å². The van der Waals surface area contributed by atoms with Gasteiger partial charge in [0.1, 0.15) is 0 Å². The maximum absolute atomic E-state index is 11.6. The Hall–Kier alpha value is -2.52. The van der Waals surface area contributed by atoms with Crippen LogP contribution in [0.4, 0.5) is 5.69 Å². The maximum Gasteiger partial charge on any atom is 0.417 e. The summed E-state index contributed by atoms with van der Waals surface area (Å²) in [5.41, 5.74) is 7.00. The summed E-state index contributed by atoms with van der Waals surface area (Å²) in [6.07, 6.45) is 5.24. The van der Waals surface area contributed by atoms with Crippen molar-refractivity contribution in [2.75, 3.05) is 5.32 Å². The summed E-state index contributed by atoms with van der Waals surface area (Å²) in [6, 6.07) is 4.02. The molecule has 1 atom stereocenters. The molecule has 0 aliphatic rings. The van der Waals surface area contributed by atoms with Crippen LogP contribution in [0.25, 0.3) is 11.1 Å². The summed E-state index contributed by atoms with van der Waals surface area (Å²) in [7, 11) is 0. The minimum absolute atomic E-state index is 0.163. The van der Waals surface area contributed by atoms with Gasteiger partial charge in [0.15, 0.2) is 5.58 Å². The Morgan fingerprint density at radius 3 is 3.11 bits per heavy atom. The summed E-state index contributed by atoms with van der Waals surface area (Å²) in [6.45, 7) is 0. The fourth-order valence-corrected chi connectivity index (χ4v) is 1.48. The molecule has 6 nitrogen and oxygen atoms in total. The highest BCUT2D eigenvalue weighted by Crippen LogP contribution is 2.16. The number of aromatic amines is 1. The fourth-order valence-electron chi connectivity index (χ4n) is 1.48. The molecule has 1 unspecified atom stereocenters. The molecule has 0 fully saturated rings. The number of hydrogen-bond acceptors (Lipinski definition) is 4. The van der Waals surface area contributed by atoms with Gasteiger partial charge < -0.3 is 15.5 Å². The topological polar surface area (TPSA) is 101 Å². The molecule has 0 radical (unpaired) electrons. The zero-order valence-electron chi connectivity index (χ0n) is 9.40. The number of H-pyrrole nitrogens is 1. The third-order valence-electron chi connectivity index (χ3n) is 2.36. The van der Waals surface area contributed by atoms with Gasteiger partial charge in [0.05, 0.1) is 11.6 Å². The van der Waals surface area contributed by atoms with Crippen molar-refractivity contribution in [1.29, 1.82) is 0 Å². The number of amides is 1. The second kappa shape index (κ2) is 4.77. The van der Waals surface area contributed by atoms with Crippen LogP contribution >= 0.6 is 0 Å². The molecule has 0 aliphatic heterocycles. The number of nitrogens with one attached hydrogen (secondary N) is 2. The lowest BCUT2D eigenvalue weighted by molar-refractivity contribution is -0.117. The number of oxazole rings is 1. The van der Waals surface area contributed by atoms with E-state index in [1.165, 1.54) is 0 Å². The van der Waals surface area contributed by atoms with Gasteiger partial charge in [0, 0.05) is 12.1 Å². The molecule has 4 N–H and O–H groups in total. The Bertz CT molecular complexity index is 678. The molecule has 0 saturated heterocycles. The summed E-state index contributed by atoms with van der Waals surface area (Å²) in [5.74, 6) is 1.40. The van der Waals surface area contributed by atoms with E-state index < -0.39 is 11.8 Å². The summed E-state index contributed by atoms with van der Waals surface area (Å²) in [5, 5.41) is 2.60. The lowest BCUT2D eigenvalue weighted by Gasteiger charge is -2.09. The van der Waals surface area contributed by atoms with E-state index in [0.717, 1.165) is 0 Å². The van der Waals surface area contributed by atoms with Crippen LogP contribution < -0.4 is 16.8 Å². The summed E-state index contributed by atoms with van der Waals surface area (Å²) in [4.78, 5) is 25.1.